The molecular formula is C11H11F12NO2. The number of carbonyl (C=O) groups excluding carboxylic acids is 1. The smallest absolute Gasteiger partial charge is 0.392 e. The molecule has 0 bridgehead atoms. The van der Waals surface area contributed by atoms with E-state index in [1.807, 2.05) is 0 Å². The number of rotatable bonds is 8. The van der Waals surface area contributed by atoms with Gasteiger partial charge >= 0.3 is 36.0 Å². The summed E-state index contributed by atoms with van der Waals surface area (Å²) < 4.78 is 155. The van der Waals surface area contributed by atoms with Gasteiger partial charge in [0.1, 0.15) is 0 Å². The van der Waals surface area contributed by atoms with Crippen LogP contribution in [0.5, 0.6) is 0 Å². The van der Waals surface area contributed by atoms with E-state index >= 15 is 0 Å². The zero-order valence-electron chi connectivity index (χ0n) is 12.7. The van der Waals surface area contributed by atoms with Crippen LogP contribution in [0, 0.1) is 0 Å². The van der Waals surface area contributed by atoms with Gasteiger partial charge in [-0.25, -0.2) is 8.78 Å². The normalized spacial score (nSPS) is 15.4. The van der Waals surface area contributed by atoms with Crippen LogP contribution in [0.4, 0.5) is 52.7 Å². The second-order valence-electron chi connectivity index (χ2n) is 5.72. The number of hydrogen-bond donors (Lipinski definition) is 2. The third-order valence-corrected chi connectivity index (χ3v) is 3.01. The molecule has 15 heteroatoms. The zero-order valence-corrected chi connectivity index (χ0v) is 12.7. The summed E-state index contributed by atoms with van der Waals surface area (Å²) in [6.07, 6.45) is -5.62. The number of carbonyl (C=O) groups is 1. The van der Waals surface area contributed by atoms with Crippen molar-refractivity contribution < 1.29 is 62.6 Å². The van der Waals surface area contributed by atoms with Crippen LogP contribution in [0.1, 0.15) is 13.8 Å². The van der Waals surface area contributed by atoms with Crippen molar-refractivity contribution >= 4 is 5.91 Å². The van der Waals surface area contributed by atoms with Gasteiger partial charge < -0.3 is 10.4 Å². The molecular weight excluding hydrogens is 406 g/mol. The summed E-state index contributed by atoms with van der Waals surface area (Å²) in [6.45, 7) is 0.226. The van der Waals surface area contributed by atoms with Gasteiger partial charge in [0.2, 0.25) is 0 Å². The Balaban J connectivity index is 6.15. The van der Waals surface area contributed by atoms with Crippen LogP contribution in [0.15, 0.2) is 0 Å². The fourth-order valence-corrected chi connectivity index (χ4v) is 1.31. The molecule has 26 heavy (non-hydrogen) atoms. The van der Waals surface area contributed by atoms with Crippen molar-refractivity contribution in [2.45, 2.75) is 55.4 Å². The zero-order chi connectivity index (χ0) is 21.6. The van der Waals surface area contributed by atoms with Gasteiger partial charge in [-0.05, 0) is 13.8 Å². The van der Waals surface area contributed by atoms with Crippen molar-refractivity contribution in [3.05, 3.63) is 0 Å². The van der Waals surface area contributed by atoms with Gasteiger partial charge in [-0.1, -0.05) is 0 Å². The largest absolute Gasteiger partial charge is 0.394 e. The average molecular weight is 417 g/mol. The van der Waals surface area contributed by atoms with Crippen molar-refractivity contribution in [2.24, 2.45) is 0 Å². The van der Waals surface area contributed by atoms with E-state index < -0.39 is 54.1 Å². The molecule has 0 radical (unpaired) electrons. The Kier molecular flexibility index (Phi) is 6.28. The number of alkyl halides is 12. The lowest BCUT2D eigenvalue weighted by Gasteiger charge is -2.39. The highest BCUT2D eigenvalue weighted by atomic mass is 19.4. The molecule has 3 nitrogen and oxygen atoms in total. The molecule has 0 fully saturated rings. The molecule has 0 aliphatic heterocycles. The maximum Gasteiger partial charge on any atom is 0.392 e. The first kappa shape index (κ1) is 24.6. The minimum atomic E-state index is -7.77. The molecule has 2 N–H and O–H groups in total. The summed E-state index contributed by atoms with van der Waals surface area (Å²) >= 11 is 0. The second-order valence-corrected chi connectivity index (χ2v) is 5.72. The number of aliphatic hydroxyl groups is 1. The first-order valence-electron chi connectivity index (χ1n) is 6.24. The van der Waals surface area contributed by atoms with E-state index in [1.165, 1.54) is 0 Å². The van der Waals surface area contributed by atoms with Crippen molar-refractivity contribution in [1.82, 2.24) is 5.32 Å². The highest BCUT2D eigenvalue weighted by Crippen LogP contribution is 2.58. The van der Waals surface area contributed by atoms with Crippen LogP contribution < -0.4 is 5.32 Å². The van der Waals surface area contributed by atoms with Gasteiger partial charge in [-0.3, -0.25) is 4.79 Å². The highest BCUT2D eigenvalue weighted by molar-refractivity contribution is 5.85. The summed E-state index contributed by atoms with van der Waals surface area (Å²) in [4.78, 5) is 11.1. The van der Waals surface area contributed by atoms with Crippen molar-refractivity contribution in [2.75, 3.05) is 6.61 Å². The summed E-state index contributed by atoms with van der Waals surface area (Å²) in [6, 6.07) is 0. The summed E-state index contributed by atoms with van der Waals surface area (Å²) in [5, 5.41) is 9.58. The van der Waals surface area contributed by atoms with Crippen molar-refractivity contribution in [3.8, 4) is 0 Å². The topological polar surface area (TPSA) is 49.3 Å². The molecule has 0 heterocycles. The Bertz CT molecular complexity index is 531. The van der Waals surface area contributed by atoms with Crippen LogP contribution >= 0.6 is 0 Å². The predicted octanol–water partition coefficient (Wildman–Crippen LogP) is 3.32. The van der Waals surface area contributed by atoms with Gasteiger partial charge in [0, 0.05) is 0 Å². The number of aliphatic hydroxyl groups excluding tert-OH is 1. The second kappa shape index (κ2) is 6.64. The van der Waals surface area contributed by atoms with Gasteiger partial charge in [0.25, 0.3) is 5.91 Å². The Morgan fingerprint density at radius 1 is 0.846 bits per heavy atom. The highest BCUT2D eigenvalue weighted by Gasteiger charge is 2.89. The quantitative estimate of drug-likeness (QED) is 0.596. The molecule has 0 aromatic rings. The lowest BCUT2D eigenvalue weighted by Crippen LogP contribution is -2.71. The Morgan fingerprint density at radius 2 is 1.23 bits per heavy atom. The molecule has 0 unspecified atom stereocenters. The van der Waals surface area contributed by atoms with E-state index in [-0.39, 0.29) is 0 Å². The number of nitrogens with one attached hydrogen (secondary N) is 1. The summed E-state index contributed by atoms with van der Waals surface area (Å²) in [5.74, 6) is -40.2. The number of amides is 1. The van der Waals surface area contributed by atoms with Crippen LogP contribution in [0.25, 0.3) is 0 Å². The fraction of sp³-hybridized carbons (Fsp3) is 0.909. The minimum absolute atomic E-state index is 0.719. The maximum absolute atomic E-state index is 13.4. The van der Waals surface area contributed by atoms with E-state index in [0.717, 1.165) is 19.2 Å². The molecule has 0 rings (SSSR count). The molecule has 0 aliphatic rings. The SMILES string of the molecule is CC(C)(CO)NC(=O)C(F)(F)C(F)(F)C(F)(F)C(F)(F)C(F)(F)C(F)F. The van der Waals surface area contributed by atoms with Crippen LogP contribution in [-0.2, 0) is 4.79 Å². The average Bonchev–Trinajstić information content (AvgIpc) is 2.45. The van der Waals surface area contributed by atoms with Crippen LogP contribution in [0.3, 0.4) is 0 Å². The number of hydrogen-bond acceptors (Lipinski definition) is 2. The summed E-state index contributed by atoms with van der Waals surface area (Å²) in [5.41, 5.74) is -2.14. The third kappa shape index (κ3) is 3.53. The van der Waals surface area contributed by atoms with Gasteiger partial charge in [0.15, 0.2) is 0 Å². The molecule has 0 aromatic carbocycles. The molecule has 1 amide bonds. The number of halogens is 12. The van der Waals surface area contributed by atoms with Gasteiger partial charge in [0.05, 0.1) is 12.1 Å². The monoisotopic (exact) mass is 417 g/mol. The first-order chi connectivity index (χ1) is 11.1. The minimum Gasteiger partial charge on any atom is -0.394 e. The van der Waals surface area contributed by atoms with Gasteiger partial charge in [-0.15, -0.1) is 0 Å². The first-order valence-corrected chi connectivity index (χ1v) is 6.24. The van der Waals surface area contributed by atoms with E-state index in [2.05, 4.69) is 0 Å². The lowest BCUT2D eigenvalue weighted by atomic mass is 9.93. The third-order valence-electron chi connectivity index (χ3n) is 3.01. The van der Waals surface area contributed by atoms with Gasteiger partial charge in [-0.2, -0.15) is 43.9 Å². The predicted molar refractivity (Wildman–Crippen MR) is 60.0 cm³/mol. The maximum atomic E-state index is 13.4. The standard InChI is InChI=1S/C11H11F12NO2/c1-6(2,3-25)24-5(26)8(16,17)10(20,21)11(22,23)9(18,19)7(14,15)4(12)13/h4,25H,3H2,1-2H3,(H,24,26). The fourth-order valence-electron chi connectivity index (χ4n) is 1.31. The van der Waals surface area contributed by atoms with E-state index in [4.69, 9.17) is 5.11 Å². The van der Waals surface area contributed by atoms with E-state index in [9.17, 15) is 57.5 Å². The molecule has 0 saturated carbocycles. The molecule has 0 atom stereocenters. The Hall–Kier alpha value is -1.41. The molecule has 0 aliphatic carbocycles. The van der Waals surface area contributed by atoms with Crippen LogP contribution in [-0.4, -0.2) is 59.2 Å². The molecule has 0 spiro atoms. The summed E-state index contributed by atoms with van der Waals surface area (Å²) in [7, 11) is 0. The van der Waals surface area contributed by atoms with E-state index in [1.54, 1.807) is 0 Å². The van der Waals surface area contributed by atoms with Crippen molar-refractivity contribution in [1.29, 1.82) is 0 Å². The Morgan fingerprint density at radius 3 is 1.54 bits per heavy atom. The Labute approximate surface area is 137 Å². The molecule has 0 saturated heterocycles. The lowest BCUT2D eigenvalue weighted by molar-refractivity contribution is -0.407. The van der Waals surface area contributed by atoms with Crippen LogP contribution in [0.2, 0.25) is 0 Å². The van der Waals surface area contributed by atoms with Crippen molar-refractivity contribution in [3.63, 3.8) is 0 Å². The molecule has 156 valence electrons. The molecule has 0 aromatic heterocycles. The van der Waals surface area contributed by atoms with E-state index in [0.29, 0.717) is 0 Å².